The number of hydrogen-bond acceptors (Lipinski definition) is 2. The first-order valence-electron chi connectivity index (χ1n) is 7.82. The summed E-state index contributed by atoms with van der Waals surface area (Å²) in [5.74, 6) is 1.55. The van der Waals surface area contributed by atoms with E-state index < -0.39 is 0 Å². The van der Waals surface area contributed by atoms with Crippen LogP contribution in [0.15, 0.2) is 0 Å². The quantitative estimate of drug-likeness (QED) is 0.755. The molecule has 2 heteroatoms. The van der Waals surface area contributed by atoms with Crippen LogP contribution in [-0.4, -0.2) is 23.5 Å². The first kappa shape index (κ1) is 13.9. The summed E-state index contributed by atoms with van der Waals surface area (Å²) in [4.78, 5) is 2.52. The second kappa shape index (κ2) is 6.06. The third-order valence-electron chi connectivity index (χ3n) is 4.80. The van der Waals surface area contributed by atoms with E-state index in [-0.39, 0.29) is 5.54 Å². The molecule has 1 saturated carbocycles. The maximum Gasteiger partial charge on any atom is 0.109 e. The van der Waals surface area contributed by atoms with Gasteiger partial charge in [0, 0.05) is 0 Å². The molecule has 0 aromatic carbocycles. The summed E-state index contributed by atoms with van der Waals surface area (Å²) in [5, 5.41) is 9.75. The summed E-state index contributed by atoms with van der Waals surface area (Å²) in [6.07, 6.45) is 10.1. The lowest BCUT2D eigenvalue weighted by Gasteiger charge is -2.46. The van der Waals surface area contributed by atoms with Crippen molar-refractivity contribution < 1.29 is 0 Å². The van der Waals surface area contributed by atoms with Crippen molar-refractivity contribution in [3.8, 4) is 6.07 Å². The molecule has 0 amide bonds. The van der Waals surface area contributed by atoms with Crippen LogP contribution in [0.1, 0.15) is 65.2 Å². The summed E-state index contributed by atoms with van der Waals surface area (Å²) >= 11 is 0. The maximum atomic E-state index is 9.75. The number of piperidine rings is 1. The number of rotatable bonds is 3. The van der Waals surface area contributed by atoms with E-state index in [1.165, 1.54) is 38.5 Å². The van der Waals surface area contributed by atoms with Crippen LogP contribution in [0.5, 0.6) is 0 Å². The third-order valence-corrected chi connectivity index (χ3v) is 4.80. The number of hydrogen-bond donors (Lipinski definition) is 0. The van der Waals surface area contributed by atoms with Crippen LogP contribution in [0.2, 0.25) is 0 Å². The summed E-state index contributed by atoms with van der Waals surface area (Å²) in [6, 6.07) is 2.72. The first-order valence-corrected chi connectivity index (χ1v) is 7.82. The van der Waals surface area contributed by atoms with Crippen LogP contribution >= 0.6 is 0 Å². The zero-order valence-corrected chi connectivity index (χ0v) is 12.1. The van der Waals surface area contributed by atoms with E-state index in [1.54, 1.807) is 0 Å². The van der Waals surface area contributed by atoms with Gasteiger partial charge in [0.25, 0.3) is 0 Å². The molecule has 1 heterocycles. The highest BCUT2D eigenvalue weighted by atomic mass is 15.2. The van der Waals surface area contributed by atoms with Gasteiger partial charge in [-0.15, -0.1) is 0 Å². The van der Waals surface area contributed by atoms with E-state index in [4.69, 9.17) is 0 Å². The Bertz CT molecular complexity index is 299. The van der Waals surface area contributed by atoms with Crippen LogP contribution in [0.25, 0.3) is 0 Å². The minimum absolute atomic E-state index is 0.113. The molecule has 1 saturated heterocycles. The lowest BCUT2D eigenvalue weighted by molar-refractivity contribution is 0.0526. The summed E-state index contributed by atoms with van der Waals surface area (Å²) in [6.45, 7) is 6.93. The molecule has 2 aliphatic rings. The van der Waals surface area contributed by atoms with Crippen molar-refractivity contribution in [1.82, 2.24) is 4.90 Å². The standard InChI is InChI=1S/C16H28N2/c1-14(2)11-15-7-6-8-16(12-15,13-17)18-9-4-3-5-10-18/h14-15H,3-12H2,1-2H3. The van der Waals surface area contributed by atoms with Gasteiger partial charge in [-0.05, 0) is 57.0 Å². The van der Waals surface area contributed by atoms with Crippen molar-refractivity contribution in [3.05, 3.63) is 0 Å². The minimum atomic E-state index is -0.113. The highest BCUT2D eigenvalue weighted by Crippen LogP contribution is 2.40. The largest absolute Gasteiger partial charge is 0.286 e. The van der Waals surface area contributed by atoms with Gasteiger partial charge in [0.2, 0.25) is 0 Å². The summed E-state index contributed by atoms with van der Waals surface area (Å²) < 4.78 is 0. The minimum Gasteiger partial charge on any atom is -0.286 e. The van der Waals surface area contributed by atoms with Crippen molar-refractivity contribution in [2.75, 3.05) is 13.1 Å². The Labute approximate surface area is 112 Å². The molecule has 0 spiro atoms. The lowest BCUT2D eigenvalue weighted by atomic mass is 9.72. The Hall–Kier alpha value is -0.550. The summed E-state index contributed by atoms with van der Waals surface area (Å²) in [5.41, 5.74) is -0.113. The second-order valence-corrected chi connectivity index (χ2v) is 6.78. The molecule has 0 N–H and O–H groups in total. The average Bonchev–Trinajstić information content (AvgIpc) is 2.39. The normalized spacial score (nSPS) is 34.4. The fourth-order valence-corrected chi connectivity index (χ4v) is 4.01. The van der Waals surface area contributed by atoms with E-state index in [9.17, 15) is 5.26 Å². The number of nitrogens with zero attached hydrogens (tertiary/aromatic N) is 2. The fourth-order valence-electron chi connectivity index (χ4n) is 4.01. The van der Waals surface area contributed by atoms with E-state index in [0.29, 0.717) is 0 Å². The van der Waals surface area contributed by atoms with E-state index >= 15 is 0 Å². The van der Waals surface area contributed by atoms with E-state index in [1.807, 2.05) is 0 Å². The van der Waals surface area contributed by atoms with Gasteiger partial charge in [-0.2, -0.15) is 5.26 Å². The highest BCUT2D eigenvalue weighted by Gasteiger charge is 2.41. The van der Waals surface area contributed by atoms with Crippen molar-refractivity contribution in [1.29, 1.82) is 5.26 Å². The van der Waals surface area contributed by atoms with Gasteiger partial charge in [0.1, 0.15) is 5.54 Å². The van der Waals surface area contributed by atoms with Crippen LogP contribution in [0.3, 0.4) is 0 Å². The van der Waals surface area contributed by atoms with Crippen molar-refractivity contribution in [2.45, 2.75) is 70.8 Å². The molecule has 0 bridgehead atoms. The average molecular weight is 248 g/mol. The smallest absolute Gasteiger partial charge is 0.109 e. The fraction of sp³-hybridized carbons (Fsp3) is 0.938. The molecular weight excluding hydrogens is 220 g/mol. The van der Waals surface area contributed by atoms with Gasteiger partial charge >= 0.3 is 0 Å². The lowest BCUT2D eigenvalue weighted by Crippen LogP contribution is -2.52. The predicted molar refractivity (Wildman–Crippen MR) is 75.2 cm³/mol. The van der Waals surface area contributed by atoms with Crippen LogP contribution in [-0.2, 0) is 0 Å². The van der Waals surface area contributed by atoms with Crippen LogP contribution < -0.4 is 0 Å². The predicted octanol–water partition coefficient (Wildman–Crippen LogP) is 3.97. The monoisotopic (exact) mass is 248 g/mol. The van der Waals surface area contributed by atoms with Gasteiger partial charge in [0.05, 0.1) is 6.07 Å². The van der Waals surface area contributed by atoms with Crippen LogP contribution in [0.4, 0.5) is 0 Å². The Kier molecular flexibility index (Phi) is 4.67. The molecule has 1 aliphatic carbocycles. The van der Waals surface area contributed by atoms with Gasteiger partial charge in [0.15, 0.2) is 0 Å². The topological polar surface area (TPSA) is 27.0 Å². The Morgan fingerprint density at radius 3 is 2.56 bits per heavy atom. The van der Waals surface area contributed by atoms with Gasteiger partial charge in [-0.25, -0.2) is 0 Å². The molecule has 0 aromatic heterocycles. The van der Waals surface area contributed by atoms with E-state index in [2.05, 4.69) is 24.8 Å². The zero-order chi connectivity index (χ0) is 13.0. The van der Waals surface area contributed by atoms with Crippen molar-refractivity contribution in [2.24, 2.45) is 11.8 Å². The molecule has 0 aromatic rings. The Morgan fingerprint density at radius 2 is 1.94 bits per heavy atom. The van der Waals surface area contributed by atoms with Crippen LogP contribution in [0, 0.1) is 23.2 Å². The van der Waals surface area contributed by atoms with Crippen molar-refractivity contribution in [3.63, 3.8) is 0 Å². The molecule has 2 atom stereocenters. The molecule has 0 radical (unpaired) electrons. The molecular formula is C16H28N2. The Balaban J connectivity index is 2.04. The van der Waals surface area contributed by atoms with Gasteiger partial charge in [-0.1, -0.05) is 33.1 Å². The number of likely N-dealkylation sites (tertiary alicyclic amines) is 1. The van der Waals surface area contributed by atoms with Gasteiger partial charge in [-0.3, -0.25) is 4.90 Å². The molecule has 2 fully saturated rings. The highest BCUT2D eigenvalue weighted by molar-refractivity contribution is 5.11. The molecule has 1 aliphatic heterocycles. The molecule has 102 valence electrons. The van der Waals surface area contributed by atoms with Gasteiger partial charge < -0.3 is 0 Å². The van der Waals surface area contributed by atoms with Crippen molar-refractivity contribution >= 4 is 0 Å². The third kappa shape index (κ3) is 3.06. The molecule has 2 unspecified atom stereocenters. The molecule has 2 nitrogen and oxygen atoms in total. The Morgan fingerprint density at radius 1 is 1.22 bits per heavy atom. The molecule has 2 rings (SSSR count). The first-order chi connectivity index (χ1) is 8.66. The number of nitriles is 1. The van der Waals surface area contributed by atoms with E-state index in [0.717, 1.165) is 37.8 Å². The molecule has 18 heavy (non-hydrogen) atoms. The zero-order valence-electron chi connectivity index (χ0n) is 12.1. The SMILES string of the molecule is CC(C)CC1CCCC(C#N)(N2CCCCC2)C1. The second-order valence-electron chi connectivity index (χ2n) is 6.78. The summed E-state index contributed by atoms with van der Waals surface area (Å²) in [7, 11) is 0. The maximum absolute atomic E-state index is 9.75.